The van der Waals surface area contributed by atoms with Gasteiger partial charge in [0.1, 0.15) is 0 Å². The minimum absolute atomic E-state index is 0. The molecule has 0 saturated carbocycles. The standard InChI is InChI=1S/La.H4O4Si.Sr.2H/c;1-5(2,3)4;;;/h;1-4H;;;/q;;+2;2*-1. The third kappa shape index (κ3) is 53.0. The van der Waals surface area contributed by atoms with Gasteiger partial charge in [-0.25, -0.2) is 0 Å². The van der Waals surface area contributed by atoms with Crippen molar-refractivity contribution in [2.75, 3.05) is 0 Å². The van der Waals surface area contributed by atoms with Crippen molar-refractivity contribution in [3.8, 4) is 0 Å². The van der Waals surface area contributed by atoms with Crippen molar-refractivity contribution in [3.63, 3.8) is 0 Å². The van der Waals surface area contributed by atoms with Crippen LogP contribution in [0, 0.1) is 35.6 Å². The second kappa shape index (κ2) is 6.85. The molecule has 0 aliphatic rings. The predicted molar refractivity (Wildman–Crippen MR) is 22.6 cm³/mol. The molecule has 0 bridgehead atoms. The van der Waals surface area contributed by atoms with Crippen LogP contribution in [-0.2, 0) is 0 Å². The predicted octanol–water partition coefficient (Wildman–Crippen LogP) is -2.76. The zero-order chi connectivity index (χ0) is 4.50. The van der Waals surface area contributed by atoms with Crippen LogP contribution in [0.2, 0.25) is 0 Å². The van der Waals surface area contributed by atoms with E-state index in [9.17, 15) is 0 Å². The topological polar surface area (TPSA) is 80.9 Å². The summed E-state index contributed by atoms with van der Waals surface area (Å²) >= 11 is 0. The quantitative estimate of drug-likeness (QED) is 0.364. The van der Waals surface area contributed by atoms with Crippen LogP contribution < -0.4 is 0 Å². The van der Waals surface area contributed by atoms with Crippen LogP contribution >= 0.6 is 0 Å². The van der Waals surface area contributed by atoms with Gasteiger partial charge in [-0.15, -0.1) is 0 Å². The molecule has 0 heterocycles. The van der Waals surface area contributed by atoms with Crippen molar-refractivity contribution in [3.05, 3.63) is 0 Å². The Hall–Kier alpha value is 2.73. The van der Waals surface area contributed by atoms with Crippen molar-refractivity contribution in [1.29, 1.82) is 0 Å². The molecule has 39 valence electrons. The van der Waals surface area contributed by atoms with Gasteiger partial charge in [-0.2, -0.15) is 0 Å². The summed E-state index contributed by atoms with van der Waals surface area (Å²) in [7, 11) is -4.61. The van der Waals surface area contributed by atoms with E-state index in [-0.39, 0.29) is 83.9 Å². The van der Waals surface area contributed by atoms with Crippen LogP contribution in [0.5, 0.6) is 0 Å². The summed E-state index contributed by atoms with van der Waals surface area (Å²) in [5.41, 5.74) is 0. The molecule has 0 saturated heterocycles. The Kier molecular flexibility index (Phi) is 16.0. The Morgan fingerprint density at radius 1 is 1.00 bits per heavy atom. The zero-order valence-corrected chi connectivity index (χ0v) is 11.7. The van der Waals surface area contributed by atoms with Crippen molar-refractivity contribution >= 4 is 54.5 Å². The van der Waals surface area contributed by atoms with E-state index < -0.39 is 9.05 Å². The average Bonchev–Trinajstić information content (AvgIpc) is 0.722. The fourth-order valence-corrected chi connectivity index (χ4v) is 0. The largest absolute Gasteiger partial charge is 2.00 e. The van der Waals surface area contributed by atoms with Crippen molar-refractivity contribution in [2.24, 2.45) is 0 Å². The van der Waals surface area contributed by atoms with Crippen LogP contribution in [0.3, 0.4) is 0 Å². The van der Waals surface area contributed by atoms with Crippen molar-refractivity contribution < 1.29 is 57.6 Å². The summed E-state index contributed by atoms with van der Waals surface area (Å²) in [5.74, 6) is 0. The van der Waals surface area contributed by atoms with Crippen molar-refractivity contribution in [1.82, 2.24) is 0 Å². The molecule has 0 rings (SSSR count). The Morgan fingerprint density at radius 2 is 1.00 bits per heavy atom. The Morgan fingerprint density at radius 3 is 1.00 bits per heavy atom. The molecular formula is H6LaO4SiSr. The molecule has 0 aromatic rings. The van der Waals surface area contributed by atoms with E-state index in [4.69, 9.17) is 19.2 Å². The number of hydrogen-bond acceptors (Lipinski definition) is 4. The fourth-order valence-electron chi connectivity index (χ4n) is 0. The second-order valence-electron chi connectivity index (χ2n) is 0.600. The van der Waals surface area contributed by atoms with E-state index >= 15 is 0 Å². The summed E-state index contributed by atoms with van der Waals surface area (Å²) in [6.45, 7) is 0. The first-order chi connectivity index (χ1) is 2.00. The molecular weight excluding hydrogens is 319 g/mol. The van der Waals surface area contributed by atoms with Gasteiger partial charge in [0.25, 0.3) is 0 Å². The molecule has 0 atom stereocenters. The Balaban J connectivity index is -0.0000000133. The van der Waals surface area contributed by atoms with Gasteiger partial charge in [0, 0.05) is 35.6 Å². The molecule has 4 nitrogen and oxygen atoms in total. The molecule has 4 N–H and O–H groups in total. The monoisotopic (exact) mass is 325 g/mol. The van der Waals surface area contributed by atoms with Crippen LogP contribution in [-0.4, -0.2) is 73.7 Å². The minimum atomic E-state index is -4.61. The molecule has 0 aliphatic heterocycles. The van der Waals surface area contributed by atoms with E-state index in [0.29, 0.717) is 0 Å². The zero-order valence-electron chi connectivity index (χ0n) is 5.57. The van der Waals surface area contributed by atoms with Gasteiger partial charge in [0.2, 0.25) is 0 Å². The van der Waals surface area contributed by atoms with Crippen LogP contribution in [0.25, 0.3) is 0 Å². The van der Waals surface area contributed by atoms with Gasteiger partial charge >= 0.3 is 54.5 Å². The summed E-state index contributed by atoms with van der Waals surface area (Å²) in [6, 6.07) is 0. The van der Waals surface area contributed by atoms with Gasteiger partial charge in [-0.1, -0.05) is 0 Å². The molecule has 0 aromatic carbocycles. The first-order valence-corrected chi connectivity index (χ1v) is 2.68. The summed E-state index contributed by atoms with van der Waals surface area (Å²) in [6.07, 6.45) is 0. The molecule has 1 radical (unpaired) electrons. The molecule has 7 heavy (non-hydrogen) atoms. The Labute approximate surface area is 110 Å². The molecule has 7 heteroatoms. The summed E-state index contributed by atoms with van der Waals surface area (Å²) in [5, 5.41) is 0. The van der Waals surface area contributed by atoms with Crippen LogP contribution in [0.4, 0.5) is 0 Å². The van der Waals surface area contributed by atoms with E-state index in [1.165, 1.54) is 0 Å². The minimum Gasteiger partial charge on any atom is -1.00 e. The number of rotatable bonds is 0. The van der Waals surface area contributed by atoms with Gasteiger partial charge in [-0.05, 0) is 0 Å². The number of hydrogen-bond donors (Lipinski definition) is 4. The maximum absolute atomic E-state index is 7.33. The smallest absolute Gasteiger partial charge is 1.00 e. The first kappa shape index (κ1) is 16.4. The first-order valence-electron chi connectivity index (χ1n) is 0.894. The van der Waals surface area contributed by atoms with E-state index in [1.54, 1.807) is 0 Å². The second-order valence-corrected chi connectivity index (χ2v) is 1.80. The van der Waals surface area contributed by atoms with Crippen molar-refractivity contribution in [2.45, 2.75) is 0 Å². The van der Waals surface area contributed by atoms with E-state index in [1.807, 2.05) is 0 Å². The van der Waals surface area contributed by atoms with Gasteiger partial charge in [0.05, 0.1) is 0 Å². The van der Waals surface area contributed by atoms with E-state index in [2.05, 4.69) is 0 Å². The summed E-state index contributed by atoms with van der Waals surface area (Å²) < 4.78 is 0. The molecule has 0 spiro atoms. The summed E-state index contributed by atoms with van der Waals surface area (Å²) in [4.78, 5) is 29.3. The molecule has 0 fully saturated rings. The maximum atomic E-state index is 7.33. The normalized spacial score (nSPS) is 8.57. The third-order valence-corrected chi connectivity index (χ3v) is 0. The SMILES string of the molecule is O[Si](O)(O)O.[H-].[H-].[La].[Sr+2]. The Bertz CT molecular complexity index is 34.0. The van der Waals surface area contributed by atoms with Gasteiger partial charge < -0.3 is 22.0 Å². The molecule has 0 aromatic heterocycles. The van der Waals surface area contributed by atoms with Gasteiger partial charge in [-0.3, -0.25) is 0 Å². The van der Waals surface area contributed by atoms with Crippen LogP contribution in [0.15, 0.2) is 0 Å². The molecule has 0 unspecified atom stereocenters. The molecule has 0 amide bonds. The van der Waals surface area contributed by atoms with Gasteiger partial charge in [0.15, 0.2) is 0 Å². The molecule has 0 aliphatic carbocycles. The third-order valence-electron chi connectivity index (χ3n) is 0. The fraction of sp³-hybridized carbons (Fsp3) is 0. The maximum Gasteiger partial charge on any atom is 2.00 e. The average molecular weight is 325 g/mol. The van der Waals surface area contributed by atoms with E-state index in [0.717, 1.165) is 0 Å². The van der Waals surface area contributed by atoms with Crippen LogP contribution in [0.1, 0.15) is 2.85 Å².